The van der Waals surface area contributed by atoms with Gasteiger partial charge in [0.2, 0.25) is 5.16 Å². The highest BCUT2D eigenvalue weighted by Gasteiger charge is 2.34. The zero-order valence-corrected chi connectivity index (χ0v) is 19.2. The number of carbonyl (C=O) groups excluding carboxylic acids is 1. The van der Waals surface area contributed by atoms with Crippen molar-refractivity contribution in [1.29, 1.82) is 0 Å². The molecule has 0 radical (unpaired) electrons. The van der Waals surface area contributed by atoms with Gasteiger partial charge in [0.15, 0.2) is 0 Å². The Morgan fingerprint density at radius 3 is 2.88 bits per heavy atom. The Kier molecular flexibility index (Phi) is 6.11. The maximum Gasteiger partial charge on any atom is 0.253 e. The molecule has 1 unspecified atom stereocenters. The van der Waals surface area contributed by atoms with Crippen molar-refractivity contribution in [3.05, 3.63) is 87.2 Å². The third-order valence-corrected chi connectivity index (χ3v) is 6.93. The molecule has 0 fully saturated rings. The van der Waals surface area contributed by atoms with E-state index in [9.17, 15) is 4.79 Å². The fraction of sp³-hybridized carbons (Fsp3) is 0.182. The monoisotopic (exact) mass is 483 g/mol. The van der Waals surface area contributed by atoms with Gasteiger partial charge in [0.25, 0.3) is 5.91 Å². The van der Waals surface area contributed by atoms with Gasteiger partial charge in [-0.3, -0.25) is 9.89 Å². The van der Waals surface area contributed by atoms with Gasteiger partial charge in [-0.05, 0) is 41.3 Å². The van der Waals surface area contributed by atoms with E-state index in [0.29, 0.717) is 28.8 Å². The Morgan fingerprint density at radius 2 is 2.12 bits per heavy atom. The quantitative estimate of drug-likeness (QED) is 0.366. The first-order chi connectivity index (χ1) is 15.7. The first-order valence-corrected chi connectivity index (χ1v) is 12.2. The zero-order valence-electron chi connectivity index (χ0n) is 16.8. The lowest BCUT2D eigenvalue weighted by Gasteiger charge is -2.19. The lowest BCUT2D eigenvalue weighted by atomic mass is 10.0. The molecule has 1 aliphatic rings. The number of benzene rings is 1. The van der Waals surface area contributed by atoms with Crippen LogP contribution in [0.3, 0.4) is 0 Å². The van der Waals surface area contributed by atoms with E-state index in [1.807, 2.05) is 47.8 Å². The Balaban J connectivity index is 1.29. The third kappa shape index (κ3) is 4.64. The van der Waals surface area contributed by atoms with E-state index in [1.165, 1.54) is 21.6 Å². The minimum Gasteiger partial charge on any atom is -0.467 e. The van der Waals surface area contributed by atoms with Gasteiger partial charge in [0, 0.05) is 22.7 Å². The molecule has 1 aromatic carbocycles. The molecule has 162 valence electrons. The van der Waals surface area contributed by atoms with Gasteiger partial charge in [-0.1, -0.05) is 41.6 Å². The van der Waals surface area contributed by atoms with E-state index >= 15 is 0 Å². The van der Waals surface area contributed by atoms with Gasteiger partial charge in [-0.25, -0.2) is 9.99 Å². The second-order valence-corrected chi connectivity index (χ2v) is 9.55. The van der Waals surface area contributed by atoms with Crippen LogP contribution in [0.5, 0.6) is 0 Å². The van der Waals surface area contributed by atoms with Gasteiger partial charge in [0.05, 0.1) is 17.7 Å². The number of thiophene rings is 1. The Hall–Kier alpha value is -2.88. The summed E-state index contributed by atoms with van der Waals surface area (Å²) in [5.41, 5.74) is 1.75. The van der Waals surface area contributed by atoms with Crippen molar-refractivity contribution < 1.29 is 9.21 Å². The molecule has 4 aromatic rings. The molecule has 1 atom stereocenters. The van der Waals surface area contributed by atoms with Gasteiger partial charge < -0.3 is 4.42 Å². The van der Waals surface area contributed by atoms with Crippen LogP contribution in [0.25, 0.3) is 0 Å². The Morgan fingerprint density at radius 1 is 1.25 bits per heavy atom. The number of thioether (sulfide) groups is 1. The smallest absolute Gasteiger partial charge is 0.253 e. The molecule has 10 heteroatoms. The summed E-state index contributed by atoms with van der Waals surface area (Å²) >= 11 is 8.97. The molecule has 0 spiro atoms. The lowest BCUT2D eigenvalue weighted by molar-refractivity contribution is -0.130. The fourth-order valence-electron chi connectivity index (χ4n) is 3.45. The molecule has 4 heterocycles. The second-order valence-electron chi connectivity index (χ2n) is 7.14. The fourth-order valence-corrected chi connectivity index (χ4v) is 4.96. The summed E-state index contributed by atoms with van der Waals surface area (Å²) in [6.07, 6.45) is 2.87. The first-order valence-electron chi connectivity index (χ1n) is 9.91. The lowest BCUT2D eigenvalue weighted by Crippen LogP contribution is -2.28. The first kappa shape index (κ1) is 21.0. The van der Waals surface area contributed by atoms with Crippen LogP contribution in [0, 0.1) is 0 Å². The molecular weight excluding hydrogens is 466 g/mol. The van der Waals surface area contributed by atoms with Crippen LogP contribution >= 0.6 is 34.7 Å². The zero-order chi connectivity index (χ0) is 21.9. The third-order valence-electron chi connectivity index (χ3n) is 4.97. The molecule has 0 bridgehead atoms. The summed E-state index contributed by atoms with van der Waals surface area (Å²) in [5.74, 6) is 1.52. The maximum absolute atomic E-state index is 13.1. The van der Waals surface area contributed by atoms with Crippen molar-refractivity contribution in [2.45, 2.75) is 24.0 Å². The molecule has 32 heavy (non-hydrogen) atoms. The van der Waals surface area contributed by atoms with Crippen LogP contribution in [-0.4, -0.2) is 37.6 Å². The van der Waals surface area contributed by atoms with E-state index in [0.717, 1.165) is 17.1 Å². The van der Waals surface area contributed by atoms with Crippen LogP contribution in [0.4, 0.5) is 0 Å². The highest BCUT2D eigenvalue weighted by atomic mass is 35.5. The summed E-state index contributed by atoms with van der Waals surface area (Å²) in [6, 6.07) is 14.9. The minimum atomic E-state index is -0.287. The molecular formula is C22H18ClN5O2S2. The number of nitrogens with one attached hydrogen (secondary N) is 1. The molecule has 0 saturated carbocycles. The van der Waals surface area contributed by atoms with Crippen molar-refractivity contribution in [1.82, 2.24) is 20.2 Å². The number of aromatic nitrogens is 3. The number of carbonyl (C=O) groups is 1. The highest BCUT2D eigenvalue weighted by molar-refractivity contribution is 7.99. The molecule has 1 amide bonds. The van der Waals surface area contributed by atoms with Crippen LogP contribution in [0.1, 0.15) is 34.5 Å². The number of hydrazone groups is 1. The molecule has 7 nitrogen and oxygen atoms in total. The predicted molar refractivity (Wildman–Crippen MR) is 125 cm³/mol. The van der Waals surface area contributed by atoms with Crippen molar-refractivity contribution in [2.24, 2.45) is 5.10 Å². The molecule has 5 rings (SSSR count). The molecule has 0 saturated heterocycles. The average molecular weight is 484 g/mol. The SMILES string of the molecule is O=C(CSc1n[nH]c(Cc2cccs2)n1)N1N=C(c2ccc(Cl)cc2)CC1c1ccco1. The largest absolute Gasteiger partial charge is 0.467 e. The van der Waals surface area contributed by atoms with Crippen LogP contribution in [0.15, 0.2) is 74.8 Å². The van der Waals surface area contributed by atoms with E-state index < -0.39 is 0 Å². The topological polar surface area (TPSA) is 87.4 Å². The van der Waals surface area contributed by atoms with Crippen LogP contribution in [-0.2, 0) is 11.2 Å². The van der Waals surface area contributed by atoms with Gasteiger partial charge in [-0.15, -0.1) is 16.4 Å². The van der Waals surface area contributed by atoms with Crippen molar-refractivity contribution in [3.8, 4) is 0 Å². The van der Waals surface area contributed by atoms with Crippen LogP contribution < -0.4 is 0 Å². The molecule has 0 aliphatic carbocycles. The summed E-state index contributed by atoms with van der Waals surface area (Å²) < 4.78 is 5.59. The predicted octanol–water partition coefficient (Wildman–Crippen LogP) is 5.17. The summed E-state index contributed by atoms with van der Waals surface area (Å²) in [6.45, 7) is 0. The number of aromatic amines is 1. The van der Waals surface area contributed by atoms with Crippen molar-refractivity contribution >= 4 is 46.3 Å². The number of furan rings is 1. The Labute approximate surface area is 197 Å². The summed E-state index contributed by atoms with van der Waals surface area (Å²) in [7, 11) is 0. The van der Waals surface area contributed by atoms with E-state index in [4.69, 9.17) is 16.0 Å². The van der Waals surface area contributed by atoms with Crippen molar-refractivity contribution in [2.75, 3.05) is 5.75 Å². The van der Waals surface area contributed by atoms with Gasteiger partial charge >= 0.3 is 0 Å². The Bertz CT molecular complexity index is 1220. The minimum absolute atomic E-state index is 0.134. The number of hydrogen-bond donors (Lipinski definition) is 1. The van der Waals surface area contributed by atoms with E-state index in [2.05, 4.69) is 26.3 Å². The highest BCUT2D eigenvalue weighted by Crippen LogP contribution is 2.34. The number of halogens is 1. The number of H-pyrrole nitrogens is 1. The van der Waals surface area contributed by atoms with Gasteiger partial charge in [0.1, 0.15) is 17.6 Å². The summed E-state index contributed by atoms with van der Waals surface area (Å²) in [4.78, 5) is 18.8. The number of nitrogens with zero attached hydrogens (tertiary/aromatic N) is 4. The molecule has 1 N–H and O–H groups in total. The molecule has 1 aliphatic heterocycles. The number of rotatable bonds is 7. The molecule has 3 aromatic heterocycles. The number of amides is 1. The van der Waals surface area contributed by atoms with Crippen molar-refractivity contribution in [3.63, 3.8) is 0 Å². The maximum atomic E-state index is 13.1. The standard InChI is InChI=1S/C22H18ClN5O2S2/c23-15-7-5-14(6-8-15)17-12-18(19-4-1-9-30-19)28(27-17)21(29)13-32-22-24-20(25-26-22)11-16-3-2-10-31-16/h1-10,18H,11-13H2,(H,24,25,26). The van der Waals surface area contributed by atoms with E-state index in [-0.39, 0.29) is 17.7 Å². The van der Waals surface area contributed by atoms with Crippen LogP contribution in [0.2, 0.25) is 5.02 Å². The average Bonchev–Trinajstić information content (AvgIpc) is 3.60. The normalized spacial score (nSPS) is 15.8. The van der Waals surface area contributed by atoms with E-state index in [1.54, 1.807) is 17.6 Å². The summed E-state index contributed by atoms with van der Waals surface area (Å²) in [5, 5.41) is 16.5. The number of hydrogen-bond acceptors (Lipinski definition) is 7. The van der Waals surface area contributed by atoms with Gasteiger partial charge in [-0.2, -0.15) is 5.10 Å². The second kappa shape index (κ2) is 9.32.